The second kappa shape index (κ2) is 9.09. The fraction of sp³-hybridized carbons (Fsp3) is 0.136. The summed E-state index contributed by atoms with van der Waals surface area (Å²) in [5.74, 6) is -0.379. The van der Waals surface area contributed by atoms with Crippen molar-refractivity contribution in [2.45, 2.75) is 20.3 Å². The number of nitrogens with zero attached hydrogens (tertiary/aromatic N) is 4. The molecule has 0 fully saturated rings. The number of rotatable bonds is 6. The second-order valence-electron chi connectivity index (χ2n) is 7.08. The topological polar surface area (TPSA) is 141 Å². The van der Waals surface area contributed by atoms with Gasteiger partial charge in [-0.05, 0) is 55.8 Å². The van der Waals surface area contributed by atoms with Crippen molar-refractivity contribution in [2.75, 3.05) is 5.32 Å². The Hall–Kier alpha value is -4.25. The number of benzene rings is 2. The van der Waals surface area contributed by atoms with Crippen LogP contribution < -0.4 is 20.6 Å². The number of nitrogens with two attached hydrogens (primary N) is 1. The molecular weight excluding hydrogens is 442 g/mol. The summed E-state index contributed by atoms with van der Waals surface area (Å²) >= 11 is 1.32. The fourth-order valence-corrected chi connectivity index (χ4v) is 3.82. The average molecular weight is 464 g/mol. The van der Waals surface area contributed by atoms with E-state index in [4.69, 9.17) is 15.9 Å². The highest BCUT2D eigenvalue weighted by atomic mass is 32.1. The number of aryl methyl sites for hydroxylation is 2. The number of nitrogens with one attached hydrogen (secondary N) is 2. The summed E-state index contributed by atoms with van der Waals surface area (Å²) in [6.45, 7) is 3.75. The molecule has 0 aliphatic heterocycles. The molecule has 0 aliphatic rings. The molecule has 0 radical (unpaired) electrons. The Labute approximate surface area is 192 Å². The zero-order valence-electron chi connectivity index (χ0n) is 17.9. The molecule has 4 rings (SSSR count). The molecule has 2 aromatic carbocycles. The highest BCUT2D eigenvalue weighted by Crippen LogP contribution is 2.21. The molecule has 0 atom stereocenters. The summed E-state index contributed by atoms with van der Waals surface area (Å²) in [6.07, 6.45) is 0.0588. The minimum absolute atomic E-state index is 0.187. The summed E-state index contributed by atoms with van der Waals surface area (Å²) in [4.78, 5) is 24.3. The van der Waals surface area contributed by atoms with Crippen LogP contribution in [0.3, 0.4) is 0 Å². The zero-order chi connectivity index (χ0) is 23.5. The van der Waals surface area contributed by atoms with Gasteiger partial charge in [0.1, 0.15) is 5.01 Å². The smallest absolute Gasteiger partial charge is 0.391 e. The standard InChI is InChI=1S/C22H21N7O3S/c1-3-18-27-29(21(24)33-18)16-9-7-15(8-10-16)25-22(31)32-19-11-13(2)26-28(19)17-6-4-5-14(12-17)20(23)30/h4-12,24H,3H2,1-2H3,(H2,23,30)(H,25,31). The van der Waals surface area contributed by atoms with E-state index in [1.807, 2.05) is 6.92 Å². The number of hydrogen-bond acceptors (Lipinski definition) is 7. The van der Waals surface area contributed by atoms with Crippen LogP contribution in [0.4, 0.5) is 10.5 Å². The van der Waals surface area contributed by atoms with Crippen LogP contribution in [0.1, 0.15) is 28.0 Å². The fourth-order valence-electron chi connectivity index (χ4n) is 3.10. The van der Waals surface area contributed by atoms with E-state index in [0.29, 0.717) is 27.4 Å². The molecule has 4 N–H and O–H groups in total. The van der Waals surface area contributed by atoms with Gasteiger partial charge in [0.15, 0.2) is 0 Å². The first kappa shape index (κ1) is 22.0. The van der Waals surface area contributed by atoms with Crippen LogP contribution >= 0.6 is 11.3 Å². The summed E-state index contributed by atoms with van der Waals surface area (Å²) in [5.41, 5.74) is 8.07. The maximum atomic E-state index is 12.5. The molecule has 10 nitrogen and oxygen atoms in total. The Bertz CT molecular complexity index is 1390. The van der Waals surface area contributed by atoms with Gasteiger partial charge >= 0.3 is 6.09 Å². The maximum absolute atomic E-state index is 12.5. The van der Waals surface area contributed by atoms with Crippen molar-refractivity contribution in [3.63, 3.8) is 0 Å². The Morgan fingerprint density at radius 3 is 2.52 bits per heavy atom. The van der Waals surface area contributed by atoms with E-state index in [0.717, 1.165) is 17.1 Å². The third-order valence-electron chi connectivity index (χ3n) is 4.65. The Morgan fingerprint density at radius 1 is 1.09 bits per heavy atom. The number of carbonyl (C=O) groups is 2. The quantitative estimate of drug-likeness (QED) is 0.403. The van der Waals surface area contributed by atoms with Crippen LogP contribution in [0.5, 0.6) is 5.88 Å². The minimum Gasteiger partial charge on any atom is -0.391 e. The molecule has 33 heavy (non-hydrogen) atoms. The van der Waals surface area contributed by atoms with Crippen molar-refractivity contribution in [3.8, 4) is 17.3 Å². The first-order valence-corrected chi connectivity index (χ1v) is 10.9. The summed E-state index contributed by atoms with van der Waals surface area (Å²) in [5, 5.41) is 20.3. The van der Waals surface area contributed by atoms with Gasteiger partial charge in [0.2, 0.25) is 16.6 Å². The molecular formula is C22H21N7O3S. The Kier molecular flexibility index (Phi) is 6.05. The van der Waals surface area contributed by atoms with Crippen LogP contribution in [0, 0.1) is 12.3 Å². The summed E-state index contributed by atoms with van der Waals surface area (Å²) < 4.78 is 8.44. The molecule has 0 aliphatic carbocycles. The van der Waals surface area contributed by atoms with Crippen LogP contribution in [-0.4, -0.2) is 31.6 Å². The van der Waals surface area contributed by atoms with Crippen molar-refractivity contribution in [2.24, 2.45) is 5.73 Å². The second-order valence-corrected chi connectivity index (χ2v) is 8.14. The number of anilines is 1. The minimum atomic E-state index is -0.703. The van der Waals surface area contributed by atoms with E-state index in [9.17, 15) is 9.59 Å². The highest BCUT2D eigenvalue weighted by Gasteiger charge is 2.15. The van der Waals surface area contributed by atoms with Gasteiger partial charge in [0.25, 0.3) is 0 Å². The van der Waals surface area contributed by atoms with Crippen molar-refractivity contribution in [1.29, 1.82) is 5.41 Å². The van der Waals surface area contributed by atoms with Gasteiger partial charge in [-0.25, -0.2) is 14.2 Å². The zero-order valence-corrected chi connectivity index (χ0v) is 18.7. The lowest BCUT2D eigenvalue weighted by molar-refractivity contribution is 0.1000. The van der Waals surface area contributed by atoms with E-state index in [-0.39, 0.29) is 5.88 Å². The van der Waals surface area contributed by atoms with Crippen molar-refractivity contribution in [3.05, 3.63) is 75.7 Å². The third kappa shape index (κ3) is 4.83. The van der Waals surface area contributed by atoms with Crippen LogP contribution in [0.15, 0.2) is 54.6 Å². The van der Waals surface area contributed by atoms with E-state index < -0.39 is 12.0 Å². The molecule has 2 amide bonds. The van der Waals surface area contributed by atoms with Gasteiger partial charge in [0.05, 0.1) is 17.1 Å². The molecule has 2 aromatic heterocycles. The van der Waals surface area contributed by atoms with E-state index >= 15 is 0 Å². The monoisotopic (exact) mass is 463 g/mol. The van der Waals surface area contributed by atoms with Crippen molar-refractivity contribution in [1.82, 2.24) is 19.6 Å². The highest BCUT2D eigenvalue weighted by molar-refractivity contribution is 7.08. The molecule has 0 saturated heterocycles. The van der Waals surface area contributed by atoms with Crippen LogP contribution in [0.25, 0.3) is 11.4 Å². The molecule has 0 spiro atoms. The van der Waals surface area contributed by atoms with Gasteiger partial charge in [-0.1, -0.05) is 24.3 Å². The predicted molar refractivity (Wildman–Crippen MR) is 123 cm³/mol. The first-order valence-electron chi connectivity index (χ1n) is 10.0. The van der Waals surface area contributed by atoms with Gasteiger partial charge < -0.3 is 10.5 Å². The first-order chi connectivity index (χ1) is 15.8. The molecule has 0 bridgehead atoms. The lowest BCUT2D eigenvalue weighted by Gasteiger charge is -2.10. The van der Waals surface area contributed by atoms with E-state index in [1.165, 1.54) is 16.0 Å². The van der Waals surface area contributed by atoms with Gasteiger partial charge in [-0.3, -0.25) is 15.5 Å². The number of carbonyl (C=O) groups excluding carboxylic acids is 2. The molecule has 11 heteroatoms. The van der Waals surface area contributed by atoms with Gasteiger partial charge in [-0.2, -0.15) is 10.2 Å². The Balaban J connectivity index is 1.50. The lowest BCUT2D eigenvalue weighted by Crippen LogP contribution is -2.19. The maximum Gasteiger partial charge on any atom is 0.418 e. The van der Waals surface area contributed by atoms with E-state index in [2.05, 4.69) is 15.5 Å². The molecule has 0 unspecified atom stereocenters. The third-order valence-corrected chi connectivity index (χ3v) is 5.62. The molecule has 2 heterocycles. The number of aromatic nitrogens is 4. The van der Waals surface area contributed by atoms with Gasteiger partial charge in [0, 0.05) is 17.3 Å². The Morgan fingerprint density at radius 2 is 1.85 bits per heavy atom. The summed E-state index contributed by atoms with van der Waals surface area (Å²) in [7, 11) is 0. The lowest BCUT2D eigenvalue weighted by atomic mass is 10.2. The van der Waals surface area contributed by atoms with E-state index in [1.54, 1.807) is 66.2 Å². The van der Waals surface area contributed by atoms with Crippen molar-refractivity contribution < 1.29 is 14.3 Å². The number of hydrogen-bond donors (Lipinski definition) is 3. The number of amides is 2. The molecule has 168 valence electrons. The van der Waals surface area contributed by atoms with Crippen molar-refractivity contribution >= 4 is 29.0 Å². The van der Waals surface area contributed by atoms with Gasteiger partial charge in [-0.15, -0.1) is 0 Å². The molecule has 4 aromatic rings. The SMILES string of the molecule is CCc1nn(-c2ccc(NC(=O)Oc3cc(C)nn3-c3cccc(C(N)=O)c3)cc2)c(=N)s1. The van der Waals surface area contributed by atoms with Crippen LogP contribution in [0.2, 0.25) is 0 Å². The predicted octanol–water partition coefficient (Wildman–Crippen LogP) is 3.18. The average Bonchev–Trinajstić information content (AvgIpc) is 3.36. The summed E-state index contributed by atoms with van der Waals surface area (Å²) in [6, 6.07) is 15.1. The number of ether oxygens (including phenoxy) is 1. The van der Waals surface area contributed by atoms with Crippen LogP contribution in [-0.2, 0) is 6.42 Å². The normalized spacial score (nSPS) is 10.7. The largest absolute Gasteiger partial charge is 0.418 e. The number of primary amides is 1. The molecule has 0 saturated carbocycles.